The van der Waals surface area contributed by atoms with Crippen molar-refractivity contribution in [2.75, 3.05) is 0 Å². The number of ether oxygens (including phenoxy) is 4. The molecule has 8 aromatic rings. The Morgan fingerprint density at radius 3 is 0.846 bits per heavy atom. The molecule has 0 aliphatic rings. The van der Waals surface area contributed by atoms with Gasteiger partial charge < -0.3 is 24.1 Å². The van der Waals surface area contributed by atoms with Crippen molar-refractivity contribution in [1.29, 1.82) is 0 Å². The first-order chi connectivity index (χ1) is 44.7. The number of nitrogens with zero attached hydrogens (tertiary/aromatic N) is 8. The van der Waals surface area contributed by atoms with Gasteiger partial charge in [0.05, 0.1) is 6.42 Å². The Morgan fingerprint density at radius 1 is 0.352 bits per heavy atom. The number of hydrogen-bond donors (Lipinski definition) is 1. The maximum absolute atomic E-state index is 13.4. The summed E-state index contributed by atoms with van der Waals surface area (Å²) in [7, 11) is 0. The van der Waals surface area contributed by atoms with Gasteiger partial charge in [0.25, 0.3) is 0 Å². The van der Waals surface area contributed by atoms with E-state index in [1.165, 1.54) is 154 Å². The number of aliphatic carboxylic acids is 1. The van der Waals surface area contributed by atoms with Gasteiger partial charge in [-0.3, -0.25) is 0 Å². The Morgan fingerprint density at radius 2 is 0.593 bits per heavy atom. The van der Waals surface area contributed by atoms with Crippen molar-refractivity contribution in [3.63, 3.8) is 0 Å². The summed E-state index contributed by atoms with van der Waals surface area (Å²) >= 11 is 6.44. The SMILES string of the molecule is CCCCCCCCCc1nnc(-c2ccc(OC(CCC(Oc3ccc(-c4nnc(CCCCCCCCC)s4)cc3)(Oc3ccc(-c4nnc(CCCCCCCCC)s4)cc3)Oc3ccc(-c4nnc(CCCCCCCCC)s4)cc3)C(=O)O)cc2)s1. The zero-order valence-electron chi connectivity index (χ0n) is 54.6. The molecule has 0 saturated heterocycles. The first-order valence-corrected chi connectivity index (χ1v) is 37.7. The third kappa shape index (κ3) is 24.7. The minimum atomic E-state index is -1.94. The molecule has 4 heterocycles. The van der Waals surface area contributed by atoms with Gasteiger partial charge in [0.1, 0.15) is 63.1 Å². The summed E-state index contributed by atoms with van der Waals surface area (Å²) in [4.78, 5) is 13.4. The van der Waals surface area contributed by atoms with Crippen LogP contribution in [0.2, 0.25) is 0 Å². The molecule has 0 aliphatic heterocycles. The molecule has 0 aliphatic carbocycles. The molecule has 0 saturated carbocycles. The van der Waals surface area contributed by atoms with Crippen LogP contribution >= 0.6 is 45.3 Å². The van der Waals surface area contributed by atoms with E-state index in [1.54, 1.807) is 57.5 Å². The number of rotatable bonds is 48. The lowest BCUT2D eigenvalue weighted by molar-refractivity contribution is -0.258. The molecule has 0 radical (unpaired) electrons. The number of aryl methyl sites for hydroxylation is 4. The van der Waals surface area contributed by atoms with Crippen LogP contribution < -0.4 is 18.9 Å². The number of aromatic nitrogens is 8. The van der Waals surface area contributed by atoms with Crippen LogP contribution in [0.25, 0.3) is 42.3 Å². The van der Waals surface area contributed by atoms with Crippen LogP contribution in [-0.2, 0) is 30.5 Å². The summed E-state index contributed by atoms with van der Waals surface area (Å²) in [6.07, 6.45) is 36.8. The Bertz CT molecular complexity index is 3010. The van der Waals surface area contributed by atoms with Crippen LogP contribution in [0.3, 0.4) is 0 Å². The number of carboxylic acids is 1. The third-order valence-electron chi connectivity index (χ3n) is 16.3. The van der Waals surface area contributed by atoms with Crippen LogP contribution in [-0.4, -0.2) is 63.9 Å². The number of hydrogen-bond acceptors (Lipinski definition) is 17. The number of benzene rings is 4. The molecular weight excluding hydrogens is 1210 g/mol. The molecule has 1 unspecified atom stereocenters. The van der Waals surface area contributed by atoms with Crippen molar-refractivity contribution >= 4 is 51.3 Å². The third-order valence-corrected chi connectivity index (χ3v) is 20.5. The molecule has 18 heteroatoms. The van der Waals surface area contributed by atoms with Crippen molar-refractivity contribution in [3.05, 3.63) is 117 Å². The molecule has 4 aromatic carbocycles. The van der Waals surface area contributed by atoms with E-state index in [9.17, 15) is 9.90 Å². The molecule has 91 heavy (non-hydrogen) atoms. The summed E-state index contributed by atoms with van der Waals surface area (Å²) in [6.45, 7) is 9.00. The highest BCUT2D eigenvalue weighted by atomic mass is 32.1. The fraction of sp³-hybridized carbons (Fsp3) is 0.548. The van der Waals surface area contributed by atoms with E-state index in [1.807, 2.05) is 84.9 Å². The fourth-order valence-electron chi connectivity index (χ4n) is 11.0. The highest BCUT2D eigenvalue weighted by Crippen LogP contribution is 2.37. The predicted octanol–water partition coefficient (Wildman–Crippen LogP) is 21.4. The van der Waals surface area contributed by atoms with Gasteiger partial charge in [-0.05, 0) is 123 Å². The molecule has 0 amide bonds. The van der Waals surface area contributed by atoms with Gasteiger partial charge in [-0.2, -0.15) is 0 Å². The monoisotopic (exact) mass is 1310 g/mol. The molecule has 1 atom stereocenters. The molecule has 14 nitrogen and oxygen atoms in total. The highest BCUT2D eigenvalue weighted by molar-refractivity contribution is 7.15. The molecule has 490 valence electrons. The van der Waals surface area contributed by atoms with Crippen LogP contribution in [0.4, 0.5) is 0 Å². The van der Waals surface area contributed by atoms with Gasteiger partial charge in [0.2, 0.25) is 0 Å². The molecule has 4 aromatic heterocycles. The van der Waals surface area contributed by atoms with Gasteiger partial charge in [-0.15, -0.1) is 40.8 Å². The smallest absolute Gasteiger partial charge is 0.417 e. The average molecular weight is 1310 g/mol. The fourth-order valence-corrected chi connectivity index (χ4v) is 14.5. The zero-order chi connectivity index (χ0) is 63.6. The summed E-state index contributed by atoms with van der Waals surface area (Å²) < 4.78 is 27.4. The maximum Gasteiger partial charge on any atom is 0.417 e. The number of carbonyl (C=O) groups is 1. The van der Waals surface area contributed by atoms with Crippen LogP contribution in [0.1, 0.15) is 240 Å². The van der Waals surface area contributed by atoms with Crippen molar-refractivity contribution in [3.8, 4) is 65.3 Å². The Labute approximate surface area is 557 Å². The Hall–Kier alpha value is -6.21. The van der Waals surface area contributed by atoms with Crippen LogP contribution in [0.15, 0.2) is 97.1 Å². The predicted molar refractivity (Wildman–Crippen MR) is 374 cm³/mol. The van der Waals surface area contributed by atoms with E-state index in [4.69, 9.17) is 18.9 Å². The van der Waals surface area contributed by atoms with E-state index < -0.39 is 18.0 Å². The molecule has 0 spiro atoms. The first-order valence-electron chi connectivity index (χ1n) is 34.4. The lowest BCUT2D eigenvalue weighted by Crippen LogP contribution is -2.49. The van der Waals surface area contributed by atoms with Gasteiger partial charge in [0, 0.05) is 54.4 Å². The summed E-state index contributed by atoms with van der Waals surface area (Å²) in [5, 5.41) is 54.7. The molecule has 8 rings (SSSR count). The van der Waals surface area contributed by atoms with Gasteiger partial charge in [-0.25, -0.2) is 4.79 Å². The van der Waals surface area contributed by atoms with E-state index in [0.717, 1.165) is 114 Å². The van der Waals surface area contributed by atoms with Crippen molar-refractivity contribution in [2.45, 2.75) is 258 Å². The van der Waals surface area contributed by atoms with E-state index in [-0.39, 0.29) is 12.8 Å². The molecule has 0 fully saturated rings. The Balaban J connectivity index is 1.03. The van der Waals surface area contributed by atoms with Gasteiger partial charge in [0.15, 0.2) is 6.10 Å². The summed E-state index contributed by atoms with van der Waals surface area (Å²) in [5.41, 5.74) is 3.59. The average Bonchev–Trinajstić information content (AvgIpc) is 2.71. The van der Waals surface area contributed by atoms with E-state index >= 15 is 0 Å². The standard InChI is InChI=1S/C73H98N8O6S4/c1-5-9-13-17-21-25-29-33-64-74-78-68(88-64)55-37-45-59(46-38-55)84-63(72(82)83)53-54-73(85-60-47-39-56(40-48-60)69-79-75-65(89-69)34-30-26-22-18-14-10-6-2,86-61-49-41-57(42-50-61)70-80-76-66(90-70)35-31-27-23-19-15-11-7-3)87-62-51-43-58(44-52-62)71-81-77-67(91-71)36-32-28-24-20-16-12-8-4/h37-52,63H,5-36,53-54H2,1-4H3,(H,82,83). The summed E-state index contributed by atoms with van der Waals surface area (Å²) in [6, 6.07) is 30.3. The first kappa shape index (κ1) is 70.7. The maximum atomic E-state index is 13.4. The largest absolute Gasteiger partial charge is 0.479 e. The normalized spacial score (nSPS) is 12.0. The minimum Gasteiger partial charge on any atom is -0.479 e. The lowest BCUT2D eigenvalue weighted by Gasteiger charge is -2.35. The second kappa shape index (κ2) is 40.0. The quantitative estimate of drug-likeness (QED) is 0.0281. The van der Waals surface area contributed by atoms with E-state index in [0.29, 0.717) is 23.0 Å². The van der Waals surface area contributed by atoms with Gasteiger partial charge >= 0.3 is 11.9 Å². The van der Waals surface area contributed by atoms with Crippen molar-refractivity contribution < 1.29 is 28.8 Å². The van der Waals surface area contributed by atoms with Gasteiger partial charge in [-0.1, -0.05) is 227 Å². The van der Waals surface area contributed by atoms with E-state index in [2.05, 4.69) is 68.5 Å². The lowest BCUT2D eigenvalue weighted by atomic mass is 10.1. The molecule has 1 N–H and O–H groups in total. The number of unbranched alkanes of at least 4 members (excludes halogenated alkanes) is 24. The van der Waals surface area contributed by atoms with Crippen molar-refractivity contribution in [2.24, 2.45) is 0 Å². The molecular formula is C73H98N8O6S4. The van der Waals surface area contributed by atoms with Crippen LogP contribution in [0.5, 0.6) is 23.0 Å². The van der Waals surface area contributed by atoms with Crippen molar-refractivity contribution in [1.82, 2.24) is 40.8 Å². The Kier molecular flexibility index (Phi) is 31.1. The molecule has 0 bridgehead atoms. The minimum absolute atomic E-state index is 0.0748. The number of carboxylic acid groups (broad SMARTS) is 1. The highest BCUT2D eigenvalue weighted by Gasteiger charge is 2.41. The topological polar surface area (TPSA) is 177 Å². The zero-order valence-corrected chi connectivity index (χ0v) is 57.8. The second-order valence-electron chi connectivity index (χ2n) is 24.1. The second-order valence-corrected chi connectivity index (χ2v) is 28.3. The van der Waals surface area contributed by atoms with Crippen LogP contribution in [0, 0.1) is 0 Å². The summed E-state index contributed by atoms with van der Waals surface area (Å²) in [5.74, 6) is -1.40.